The standard InChI is InChI=1S/C23H32N6O/c1-18-9-10-24-20(15-18)27-21-16-22(26-17-25-21)28-11-13-29(14-12-28)23(30)8-7-19-5-3-2-4-6-19/h9-10,15-17,19H,2-8,11-14H2,1H3,(H,24,25,26,27). The Kier molecular flexibility index (Phi) is 6.77. The van der Waals surface area contributed by atoms with Gasteiger partial charge in [-0.2, -0.15) is 0 Å². The second-order valence-electron chi connectivity index (χ2n) is 8.52. The van der Waals surface area contributed by atoms with E-state index >= 15 is 0 Å². The first-order valence-corrected chi connectivity index (χ1v) is 11.2. The van der Waals surface area contributed by atoms with Crippen molar-refractivity contribution in [1.82, 2.24) is 19.9 Å². The Morgan fingerprint density at radius 1 is 1.03 bits per heavy atom. The van der Waals surface area contributed by atoms with Crippen LogP contribution in [0, 0.1) is 12.8 Å². The fraction of sp³-hybridized carbons (Fsp3) is 0.565. The molecular formula is C23H32N6O. The van der Waals surface area contributed by atoms with Crippen LogP contribution in [0.15, 0.2) is 30.7 Å². The van der Waals surface area contributed by atoms with E-state index in [1.807, 2.05) is 30.0 Å². The predicted octanol–water partition coefficient (Wildman–Crippen LogP) is 3.93. The van der Waals surface area contributed by atoms with Gasteiger partial charge in [-0.25, -0.2) is 15.0 Å². The van der Waals surface area contributed by atoms with Gasteiger partial charge >= 0.3 is 0 Å². The number of carbonyl (C=O) groups is 1. The summed E-state index contributed by atoms with van der Waals surface area (Å²) in [6.45, 7) is 5.15. The normalized spacial score (nSPS) is 17.8. The van der Waals surface area contributed by atoms with Crippen LogP contribution in [0.2, 0.25) is 0 Å². The number of nitrogens with zero attached hydrogens (tertiary/aromatic N) is 5. The van der Waals surface area contributed by atoms with Crippen LogP contribution in [-0.4, -0.2) is 51.9 Å². The minimum Gasteiger partial charge on any atom is -0.353 e. The van der Waals surface area contributed by atoms with Gasteiger partial charge in [-0.05, 0) is 37.0 Å². The minimum absolute atomic E-state index is 0.316. The van der Waals surface area contributed by atoms with E-state index < -0.39 is 0 Å². The summed E-state index contributed by atoms with van der Waals surface area (Å²) < 4.78 is 0. The lowest BCUT2D eigenvalue weighted by atomic mass is 9.86. The highest BCUT2D eigenvalue weighted by Crippen LogP contribution is 2.27. The van der Waals surface area contributed by atoms with Crippen LogP contribution in [0.1, 0.15) is 50.5 Å². The van der Waals surface area contributed by atoms with Crippen molar-refractivity contribution in [3.05, 3.63) is 36.3 Å². The van der Waals surface area contributed by atoms with Gasteiger partial charge in [0, 0.05) is 44.9 Å². The van der Waals surface area contributed by atoms with Gasteiger partial charge in [0.2, 0.25) is 5.91 Å². The molecule has 4 rings (SSSR count). The molecule has 1 saturated carbocycles. The first-order chi connectivity index (χ1) is 14.7. The van der Waals surface area contributed by atoms with Crippen LogP contribution in [0.3, 0.4) is 0 Å². The van der Waals surface area contributed by atoms with Crippen LogP contribution in [0.4, 0.5) is 17.5 Å². The number of anilines is 3. The topological polar surface area (TPSA) is 74.2 Å². The third-order valence-corrected chi connectivity index (χ3v) is 6.27. The van der Waals surface area contributed by atoms with E-state index in [1.165, 1.54) is 32.1 Å². The highest BCUT2D eigenvalue weighted by atomic mass is 16.2. The van der Waals surface area contributed by atoms with Crippen molar-refractivity contribution in [2.24, 2.45) is 5.92 Å². The highest BCUT2D eigenvalue weighted by Gasteiger charge is 2.23. The Morgan fingerprint density at radius 3 is 2.57 bits per heavy atom. The maximum absolute atomic E-state index is 12.6. The molecule has 0 spiro atoms. The van der Waals surface area contributed by atoms with Gasteiger partial charge in [-0.3, -0.25) is 4.79 Å². The molecule has 2 aliphatic rings. The maximum Gasteiger partial charge on any atom is 0.222 e. The Morgan fingerprint density at radius 2 is 1.80 bits per heavy atom. The summed E-state index contributed by atoms with van der Waals surface area (Å²) in [5.41, 5.74) is 1.14. The number of aryl methyl sites for hydroxylation is 1. The number of rotatable bonds is 6. The molecule has 2 aromatic heterocycles. The number of amides is 1. The summed E-state index contributed by atoms with van der Waals surface area (Å²) in [6.07, 6.45) is 11.8. The fourth-order valence-corrected chi connectivity index (χ4v) is 4.47. The SMILES string of the molecule is Cc1ccnc(Nc2cc(N3CCN(C(=O)CCC4CCCCC4)CC3)ncn2)c1. The molecule has 3 heterocycles. The van der Waals surface area contributed by atoms with Gasteiger partial charge in [0.1, 0.15) is 23.8 Å². The molecule has 2 fully saturated rings. The first kappa shape index (κ1) is 20.6. The fourth-order valence-electron chi connectivity index (χ4n) is 4.47. The number of carbonyl (C=O) groups excluding carboxylic acids is 1. The average molecular weight is 409 g/mol. The van der Waals surface area contributed by atoms with Crippen LogP contribution >= 0.6 is 0 Å². The number of hydrogen-bond donors (Lipinski definition) is 1. The van der Waals surface area contributed by atoms with Crippen molar-refractivity contribution < 1.29 is 4.79 Å². The average Bonchev–Trinajstić information content (AvgIpc) is 2.78. The van der Waals surface area contributed by atoms with Gasteiger partial charge in [0.05, 0.1) is 0 Å². The molecular weight excluding hydrogens is 376 g/mol. The van der Waals surface area contributed by atoms with E-state index in [0.29, 0.717) is 12.3 Å². The molecule has 1 aliphatic carbocycles. The molecule has 1 saturated heterocycles. The summed E-state index contributed by atoms with van der Waals surface area (Å²) in [7, 11) is 0. The zero-order valence-corrected chi connectivity index (χ0v) is 17.9. The number of aromatic nitrogens is 3. The summed E-state index contributed by atoms with van der Waals surface area (Å²) in [5, 5.41) is 3.25. The largest absolute Gasteiger partial charge is 0.353 e. The quantitative estimate of drug-likeness (QED) is 0.781. The van der Waals surface area contributed by atoms with Crippen molar-refractivity contribution in [3.63, 3.8) is 0 Å². The Balaban J connectivity index is 1.28. The maximum atomic E-state index is 12.6. The molecule has 0 atom stereocenters. The Bertz CT molecular complexity index is 843. The van der Waals surface area contributed by atoms with E-state index in [-0.39, 0.29) is 0 Å². The lowest BCUT2D eigenvalue weighted by Gasteiger charge is -2.35. The molecule has 1 aliphatic heterocycles. The first-order valence-electron chi connectivity index (χ1n) is 11.2. The predicted molar refractivity (Wildman–Crippen MR) is 119 cm³/mol. The molecule has 7 heteroatoms. The van der Waals surface area contributed by atoms with Crippen LogP contribution in [-0.2, 0) is 4.79 Å². The second-order valence-corrected chi connectivity index (χ2v) is 8.52. The number of hydrogen-bond acceptors (Lipinski definition) is 6. The summed E-state index contributed by atoms with van der Waals surface area (Å²) in [6, 6.07) is 5.90. The van der Waals surface area contributed by atoms with Crippen LogP contribution < -0.4 is 10.2 Å². The Hall–Kier alpha value is -2.70. The van der Waals surface area contributed by atoms with Crippen molar-refractivity contribution in [3.8, 4) is 0 Å². The molecule has 2 aromatic rings. The summed E-state index contributed by atoms with van der Waals surface area (Å²) in [4.78, 5) is 30.0. The van der Waals surface area contributed by atoms with Crippen LogP contribution in [0.25, 0.3) is 0 Å². The smallest absolute Gasteiger partial charge is 0.222 e. The van der Waals surface area contributed by atoms with E-state index in [4.69, 9.17) is 0 Å². The number of pyridine rings is 1. The third-order valence-electron chi connectivity index (χ3n) is 6.27. The molecule has 0 unspecified atom stereocenters. The lowest BCUT2D eigenvalue weighted by Crippen LogP contribution is -2.49. The second kappa shape index (κ2) is 9.87. The van der Waals surface area contributed by atoms with Crippen molar-refractivity contribution in [1.29, 1.82) is 0 Å². The Labute approximate surface area is 178 Å². The van der Waals surface area contributed by atoms with Crippen molar-refractivity contribution in [2.45, 2.75) is 51.9 Å². The van der Waals surface area contributed by atoms with Crippen molar-refractivity contribution in [2.75, 3.05) is 36.4 Å². The van der Waals surface area contributed by atoms with Gasteiger partial charge in [-0.1, -0.05) is 32.1 Å². The molecule has 0 aromatic carbocycles. The number of nitrogens with one attached hydrogen (secondary N) is 1. The number of piperazine rings is 1. The van der Waals surface area contributed by atoms with E-state index in [0.717, 1.165) is 61.5 Å². The zero-order chi connectivity index (χ0) is 20.8. The molecule has 30 heavy (non-hydrogen) atoms. The third kappa shape index (κ3) is 5.46. The molecule has 1 amide bonds. The van der Waals surface area contributed by atoms with Crippen molar-refractivity contribution >= 4 is 23.4 Å². The molecule has 1 N–H and O–H groups in total. The zero-order valence-electron chi connectivity index (χ0n) is 17.9. The van der Waals surface area contributed by atoms with Gasteiger partial charge < -0.3 is 15.1 Å². The van der Waals surface area contributed by atoms with Gasteiger partial charge in [-0.15, -0.1) is 0 Å². The molecule has 7 nitrogen and oxygen atoms in total. The molecule has 0 bridgehead atoms. The van der Waals surface area contributed by atoms with E-state index in [2.05, 4.69) is 25.2 Å². The molecule has 0 radical (unpaired) electrons. The summed E-state index contributed by atoms with van der Waals surface area (Å²) in [5.74, 6) is 3.46. The lowest BCUT2D eigenvalue weighted by molar-refractivity contribution is -0.131. The van der Waals surface area contributed by atoms with E-state index in [1.54, 1.807) is 12.5 Å². The minimum atomic E-state index is 0.316. The summed E-state index contributed by atoms with van der Waals surface area (Å²) >= 11 is 0. The van der Waals surface area contributed by atoms with Gasteiger partial charge in [0.15, 0.2) is 0 Å². The monoisotopic (exact) mass is 408 g/mol. The molecule has 160 valence electrons. The van der Waals surface area contributed by atoms with Gasteiger partial charge in [0.25, 0.3) is 0 Å². The van der Waals surface area contributed by atoms with E-state index in [9.17, 15) is 4.79 Å². The highest BCUT2D eigenvalue weighted by molar-refractivity contribution is 5.76. The van der Waals surface area contributed by atoms with Crippen LogP contribution in [0.5, 0.6) is 0 Å².